The van der Waals surface area contributed by atoms with Gasteiger partial charge in [-0.05, 0) is 37.5 Å². The monoisotopic (exact) mass is 417 g/mol. The van der Waals surface area contributed by atoms with Crippen molar-refractivity contribution >= 4 is 40.4 Å². The average Bonchev–Trinajstić information content (AvgIpc) is 2.93. The number of carbonyl (C=O) groups is 3. The van der Waals surface area contributed by atoms with Crippen molar-refractivity contribution in [1.82, 2.24) is 4.90 Å². The Morgan fingerprint density at radius 3 is 2.45 bits per heavy atom. The molecule has 0 spiro atoms. The lowest BCUT2D eigenvalue weighted by Gasteiger charge is -2.19. The van der Waals surface area contributed by atoms with Gasteiger partial charge < -0.3 is 9.15 Å². The molecule has 29 heavy (non-hydrogen) atoms. The SMILES string of the molecule is Cc1cc2oc(=O)cc(COC(=O)CN3C(=O)[C@H]4CCCC[C@@H]4C3=O)c2cc1Cl. The summed E-state index contributed by atoms with van der Waals surface area (Å²) < 4.78 is 10.4. The highest BCUT2D eigenvalue weighted by Gasteiger charge is 2.48. The fraction of sp³-hybridized carbons (Fsp3) is 0.429. The van der Waals surface area contributed by atoms with Gasteiger partial charge in [-0.1, -0.05) is 24.4 Å². The van der Waals surface area contributed by atoms with E-state index in [1.165, 1.54) is 6.07 Å². The first-order valence-electron chi connectivity index (χ1n) is 9.59. The molecule has 1 saturated carbocycles. The summed E-state index contributed by atoms with van der Waals surface area (Å²) in [4.78, 5) is 50.1. The number of amides is 2. The molecular formula is C21H20ClNO6. The number of rotatable bonds is 4. The first-order chi connectivity index (χ1) is 13.8. The number of esters is 1. The van der Waals surface area contributed by atoms with Crippen molar-refractivity contribution in [2.45, 2.75) is 39.2 Å². The molecule has 2 aliphatic rings. The number of carbonyl (C=O) groups excluding carboxylic acids is 3. The number of hydrogen-bond acceptors (Lipinski definition) is 6. The second kappa shape index (κ2) is 7.63. The van der Waals surface area contributed by atoms with Gasteiger partial charge in [0.2, 0.25) is 11.8 Å². The highest BCUT2D eigenvalue weighted by atomic mass is 35.5. The van der Waals surface area contributed by atoms with Crippen molar-refractivity contribution in [3.8, 4) is 0 Å². The fourth-order valence-electron chi connectivity index (χ4n) is 4.19. The van der Waals surface area contributed by atoms with Gasteiger partial charge in [0.15, 0.2) is 0 Å². The molecule has 2 aromatic rings. The third kappa shape index (κ3) is 3.67. The molecule has 0 radical (unpaired) electrons. The Morgan fingerprint density at radius 2 is 1.79 bits per heavy atom. The largest absolute Gasteiger partial charge is 0.459 e. The van der Waals surface area contributed by atoms with Gasteiger partial charge in [0.25, 0.3) is 0 Å². The summed E-state index contributed by atoms with van der Waals surface area (Å²) in [7, 11) is 0. The summed E-state index contributed by atoms with van der Waals surface area (Å²) in [6.07, 6.45) is 3.22. The summed E-state index contributed by atoms with van der Waals surface area (Å²) in [5.41, 5.74) is 0.974. The molecule has 0 unspecified atom stereocenters. The van der Waals surface area contributed by atoms with Crippen LogP contribution in [0.25, 0.3) is 11.0 Å². The van der Waals surface area contributed by atoms with Gasteiger partial charge in [0.05, 0.1) is 11.8 Å². The lowest BCUT2D eigenvalue weighted by atomic mass is 9.81. The standard InChI is InChI=1S/C21H20ClNO6/c1-11-6-17-15(8-16(11)22)12(7-18(24)29-17)10-28-19(25)9-23-20(26)13-4-2-3-5-14(13)21(23)27/h6-8,13-14H,2-5,9-10H2,1H3/t13-,14-/m0/s1. The number of aryl methyl sites for hydroxylation is 1. The number of imide groups is 1. The van der Waals surface area contributed by atoms with E-state index in [-0.39, 0.29) is 30.3 Å². The van der Waals surface area contributed by atoms with Crippen LogP contribution in [0.2, 0.25) is 5.02 Å². The Kier molecular flexibility index (Phi) is 5.17. The number of nitrogens with zero attached hydrogens (tertiary/aromatic N) is 1. The third-order valence-corrected chi connectivity index (χ3v) is 6.12. The van der Waals surface area contributed by atoms with Crippen LogP contribution in [0.15, 0.2) is 27.4 Å². The first-order valence-corrected chi connectivity index (χ1v) is 9.96. The topological polar surface area (TPSA) is 93.9 Å². The average molecular weight is 418 g/mol. The van der Waals surface area contributed by atoms with Gasteiger partial charge in [0.1, 0.15) is 18.7 Å². The molecule has 1 aliphatic carbocycles. The van der Waals surface area contributed by atoms with Gasteiger partial charge in [-0.25, -0.2) is 4.79 Å². The van der Waals surface area contributed by atoms with Crippen LogP contribution in [0.3, 0.4) is 0 Å². The molecule has 152 valence electrons. The predicted octanol–water partition coefficient (Wildman–Crippen LogP) is 2.97. The van der Waals surface area contributed by atoms with Crippen LogP contribution in [0.5, 0.6) is 0 Å². The molecule has 0 N–H and O–H groups in total. The van der Waals surface area contributed by atoms with Crippen LogP contribution >= 0.6 is 11.6 Å². The smallest absolute Gasteiger partial charge is 0.336 e. The van der Waals surface area contributed by atoms with Crippen molar-refractivity contribution < 1.29 is 23.5 Å². The van der Waals surface area contributed by atoms with Crippen molar-refractivity contribution in [2.75, 3.05) is 6.54 Å². The summed E-state index contributed by atoms with van der Waals surface area (Å²) in [5, 5.41) is 1.06. The summed E-state index contributed by atoms with van der Waals surface area (Å²) >= 11 is 6.16. The van der Waals surface area contributed by atoms with Gasteiger partial charge >= 0.3 is 11.6 Å². The molecule has 1 saturated heterocycles. The third-order valence-electron chi connectivity index (χ3n) is 5.72. The molecule has 1 aromatic carbocycles. The molecule has 8 heteroatoms. The van der Waals surface area contributed by atoms with Gasteiger partial charge in [0, 0.05) is 22.0 Å². The van der Waals surface area contributed by atoms with Crippen LogP contribution in [0.4, 0.5) is 0 Å². The summed E-state index contributed by atoms with van der Waals surface area (Å²) in [6.45, 7) is 1.18. The minimum absolute atomic E-state index is 0.191. The number of halogens is 1. The van der Waals surface area contributed by atoms with Gasteiger partial charge in [-0.3, -0.25) is 19.3 Å². The predicted molar refractivity (Wildman–Crippen MR) is 104 cm³/mol. The van der Waals surface area contributed by atoms with E-state index in [0.29, 0.717) is 34.4 Å². The van der Waals surface area contributed by atoms with E-state index in [2.05, 4.69) is 0 Å². The van der Waals surface area contributed by atoms with E-state index >= 15 is 0 Å². The number of likely N-dealkylation sites (tertiary alicyclic amines) is 1. The van der Waals surface area contributed by atoms with Crippen LogP contribution in [-0.4, -0.2) is 29.2 Å². The van der Waals surface area contributed by atoms with Crippen molar-refractivity contribution in [2.24, 2.45) is 11.8 Å². The van der Waals surface area contributed by atoms with Crippen molar-refractivity contribution in [1.29, 1.82) is 0 Å². The first kappa shape index (κ1) is 19.6. The van der Waals surface area contributed by atoms with E-state index in [1.54, 1.807) is 19.1 Å². The minimum Gasteiger partial charge on any atom is -0.459 e. The molecule has 2 heterocycles. The second-order valence-electron chi connectivity index (χ2n) is 7.61. The maximum absolute atomic E-state index is 12.5. The van der Waals surface area contributed by atoms with E-state index in [1.807, 2.05) is 0 Å². The molecule has 1 aliphatic heterocycles. The second-order valence-corrected chi connectivity index (χ2v) is 8.02. The number of benzene rings is 1. The zero-order chi connectivity index (χ0) is 20.7. The highest BCUT2D eigenvalue weighted by molar-refractivity contribution is 6.32. The Balaban J connectivity index is 1.48. The minimum atomic E-state index is -0.704. The Hall–Kier alpha value is -2.67. The molecule has 2 atom stereocenters. The van der Waals surface area contributed by atoms with E-state index < -0.39 is 18.1 Å². The fourth-order valence-corrected chi connectivity index (χ4v) is 4.35. The van der Waals surface area contributed by atoms with Crippen LogP contribution in [0.1, 0.15) is 36.8 Å². The molecule has 1 aromatic heterocycles. The highest BCUT2D eigenvalue weighted by Crippen LogP contribution is 2.37. The molecular weight excluding hydrogens is 398 g/mol. The number of fused-ring (bicyclic) bond motifs is 2. The normalized spacial score (nSPS) is 21.5. The van der Waals surface area contributed by atoms with Crippen LogP contribution < -0.4 is 5.63 Å². The number of hydrogen-bond donors (Lipinski definition) is 0. The Bertz CT molecular complexity index is 1050. The lowest BCUT2D eigenvalue weighted by molar-refractivity contribution is -0.153. The molecule has 2 amide bonds. The van der Waals surface area contributed by atoms with Crippen molar-refractivity contribution in [3.63, 3.8) is 0 Å². The van der Waals surface area contributed by atoms with E-state index in [9.17, 15) is 19.2 Å². The molecule has 7 nitrogen and oxygen atoms in total. The van der Waals surface area contributed by atoms with Crippen LogP contribution in [0, 0.1) is 18.8 Å². The van der Waals surface area contributed by atoms with Gasteiger partial charge in [-0.15, -0.1) is 0 Å². The quantitative estimate of drug-likeness (QED) is 0.431. The van der Waals surface area contributed by atoms with E-state index in [0.717, 1.165) is 23.3 Å². The van der Waals surface area contributed by atoms with Crippen molar-refractivity contribution in [3.05, 3.63) is 44.8 Å². The summed E-state index contributed by atoms with van der Waals surface area (Å²) in [5.74, 6) is -1.89. The zero-order valence-corrected chi connectivity index (χ0v) is 16.7. The Morgan fingerprint density at radius 1 is 1.14 bits per heavy atom. The van der Waals surface area contributed by atoms with Gasteiger partial charge in [-0.2, -0.15) is 0 Å². The van der Waals surface area contributed by atoms with E-state index in [4.69, 9.17) is 20.8 Å². The zero-order valence-electron chi connectivity index (χ0n) is 15.9. The van der Waals surface area contributed by atoms with Crippen LogP contribution in [-0.2, 0) is 25.7 Å². The Labute approximate surface area is 171 Å². The molecule has 4 rings (SSSR count). The maximum Gasteiger partial charge on any atom is 0.336 e. The lowest BCUT2D eigenvalue weighted by Crippen LogP contribution is -2.36. The maximum atomic E-state index is 12.5. The summed E-state index contributed by atoms with van der Waals surface area (Å²) in [6, 6.07) is 4.53. The molecule has 2 fully saturated rings. The molecule has 0 bridgehead atoms. The number of ether oxygens (including phenoxy) is 1.